The molecule has 3 nitrogen and oxygen atoms in total. The van der Waals surface area contributed by atoms with Gasteiger partial charge in [-0.25, -0.2) is 0 Å². The fourth-order valence-corrected chi connectivity index (χ4v) is 1.83. The van der Waals surface area contributed by atoms with Crippen LogP contribution >= 0.6 is 11.8 Å². The first-order valence-corrected chi connectivity index (χ1v) is 6.04. The highest BCUT2D eigenvalue weighted by Crippen LogP contribution is 2.28. The van der Waals surface area contributed by atoms with E-state index < -0.39 is 0 Å². The highest BCUT2D eigenvalue weighted by molar-refractivity contribution is 8.15. The topological polar surface area (TPSA) is 55.1 Å². The van der Waals surface area contributed by atoms with E-state index in [4.69, 9.17) is 5.73 Å². The number of rotatable bonds is 3. The van der Waals surface area contributed by atoms with Crippen LogP contribution in [0.3, 0.4) is 0 Å². The summed E-state index contributed by atoms with van der Waals surface area (Å²) < 4.78 is -0.265. The lowest BCUT2D eigenvalue weighted by Crippen LogP contribution is -2.39. The van der Waals surface area contributed by atoms with Crippen LogP contribution in [0.25, 0.3) is 0 Å². The highest BCUT2D eigenvalue weighted by Gasteiger charge is 2.27. The zero-order chi connectivity index (χ0) is 12.2. The molecule has 0 aliphatic heterocycles. The molecule has 0 saturated heterocycles. The second kappa shape index (κ2) is 5.37. The van der Waals surface area contributed by atoms with Crippen molar-refractivity contribution in [2.45, 2.75) is 31.6 Å². The van der Waals surface area contributed by atoms with Gasteiger partial charge < -0.3 is 11.1 Å². The Morgan fingerprint density at radius 1 is 1.38 bits per heavy atom. The number of carbonyl (C=O) groups excluding carboxylic acids is 1. The van der Waals surface area contributed by atoms with Gasteiger partial charge in [0.15, 0.2) is 0 Å². The van der Waals surface area contributed by atoms with Gasteiger partial charge in [-0.05, 0) is 32.9 Å². The molecular weight excluding hydrogens is 220 g/mol. The summed E-state index contributed by atoms with van der Waals surface area (Å²) in [7, 11) is 0. The number of nitrogens with two attached hydrogens (primary N) is 1. The number of nitrogens with one attached hydrogen (secondary N) is 1. The van der Waals surface area contributed by atoms with Gasteiger partial charge in [0.25, 0.3) is 5.24 Å². The molecule has 4 heteroatoms. The number of anilines is 1. The van der Waals surface area contributed by atoms with E-state index in [1.165, 1.54) is 11.8 Å². The lowest BCUT2D eigenvalue weighted by Gasteiger charge is -2.27. The number of amides is 1. The van der Waals surface area contributed by atoms with Crippen LogP contribution in [0, 0.1) is 0 Å². The van der Waals surface area contributed by atoms with Gasteiger partial charge in [0, 0.05) is 16.5 Å². The first-order valence-electron chi connectivity index (χ1n) is 5.22. The number of hydrogen-bond acceptors (Lipinski definition) is 3. The Hall–Kier alpha value is -1.00. The average Bonchev–Trinajstić information content (AvgIpc) is 2.17. The predicted octanol–water partition coefficient (Wildman–Crippen LogP) is 3.08. The molecule has 0 fully saturated rings. The van der Waals surface area contributed by atoms with E-state index in [-0.39, 0.29) is 16.0 Å². The van der Waals surface area contributed by atoms with Gasteiger partial charge >= 0.3 is 0 Å². The van der Waals surface area contributed by atoms with Crippen molar-refractivity contribution in [3.63, 3.8) is 0 Å². The first kappa shape index (κ1) is 13.1. The second-order valence-corrected chi connectivity index (χ2v) is 5.90. The van der Waals surface area contributed by atoms with Crippen LogP contribution in [0.1, 0.15) is 20.8 Å². The van der Waals surface area contributed by atoms with Gasteiger partial charge in [0.1, 0.15) is 0 Å². The Morgan fingerprint density at radius 2 is 1.94 bits per heavy atom. The lowest BCUT2D eigenvalue weighted by atomic mass is 10.1. The molecule has 1 amide bonds. The van der Waals surface area contributed by atoms with Gasteiger partial charge in [-0.2, -0.15) is 0 Å². The fourth-order valence-electron chi connectivity index (χ4n) is 0.997. The van der Waals surface area contributed by atoms with Crippen molar-refractivity contribution >= 4 is 22.7 Å². The third-order valence-electron chi connectivity index (χ3n) is 2.47. The Labute approximate surface area is 101 Å². The molecule has 1 aromatic carbocycles. The summed E-state index contributed by atoms with van der Waals surface area (Å²) in [6, 6.07) is 9.36. The SMILES string of the molecule is CC(N)C(C)(C)SC(=O)Nc1ccccc1. The molecule has 88 valence electrons. The summed E-state index contributed by atoms with van der Waals surface area (Å²) in [6.07, 6.45) is 0. The molecule has 1 aromatic rings. The number of carbonyl (C=O) groups is 1. The smallest absolute Gasteiger partial charge is 0.284 e. The molecule has 0 saturated carbocycles. The van der Waals surface area contributed by atoms with E-state index in [2.05, 4.69) is 5.32 Å². The summed E-state index contributed by atoms with van der Waals surface area (Å²) >= 11 is 1.23. The molecule has 1 rings (SSSR count). The summed E-state index contributed by atoms with van der Waals surface area (Å²) in [5.74, 6) is 0. The number of benzene rings is 1. The van der Waals surface area contributed by atoms with E-state index in [1.807, 2.05) is 51.1 Å². The van der Waals surface area contributed by atoms with Crippen molar-refractivity contribution < 1.29 is 4.79 Å². The molecule has 16 heavy (non-hydrogen) atoms. The van der Waals surface area contributed by atoms with Crippen LogP contribution in [0.2, 0.25) is 0 Å². The van der Waals surface area contributed by atoms with Gasteiger partial charge in [-0.15, -0.1) is 0 Å². The average molecular weight is 238 g/mol. The fraction of sp³-hybridized carbons (Fsp3) is 0.417. The van der Waals surface area contributed by atoms with Crippen molar-refractivity contribution in [3.05, 3.63) is 30.3 Å². The van der Waals surface area contributed by atoms with Crippen molar-refractivity contribution in [2.24, 2.45) is 5.73 Å². The zero-order valence-corrected chi connectivity index (χ0v) is 10.7. The minimum absolute atomic E-state index is 0.0426. The number of hydrogen-bond donors (Lipinski definition) is 2. The molecule has 0 aliphatic rings. The van der Waals surface area contributed by atoms with Gasteiger partial charge in [0.05, 0.1) is 0 Å². The molecule has 0 radical (unpaired) electrons. The summed E-state index contributed by atoms with van der Waals surface area (Å²) in [4.78, 5) is 11.7. The molecule has 0 aromatic heterocycles. The highest BCUT2D eigenvalue weighted by atomic mass is 32.2. The number of thioether (sulfide) groups is 1. The maximum Gasteiger partial charge on any atom is 0.284 e. The number of para-hydroxylation sites is 1. The van der Waals surface area contributed by atoms with Crippen LogP contribution < -0.4 is 11.1 Å². The molecule has 3 N–H and O–H groups in total. The third kappa shape index (κ3) is 3.87. The maximum atomic E-state index is 11.7. The molecule has 0 spiro atoms. The zero-order valence-electron chi connectivity index (χ0n) is 9.86. The monoisotopic (exact) mass is 238 g/mol. The molecule has 1 unspecified atom stereocenters. The molecule has 1 atom stereocenters. The van der Waals surface area contributed by atoms with E-state index in [1.54, 1.807) is 0 Å². The second-order valence-electron chi connectivity index (χ2n) is 4.27. The Morgan fingerprint density at radius 3 is 2.44 bits per heavy atom. The largest absolute Gasteiger partial charge is 0.327 e. The summed E-state index contributed by atoms with van der Waals surface area (Å²) in [5.41, 5.74) is 6.62. The van der Waals surface area contributed by atoms with Crippen LogP contribution in [0.15, 0.2) is 30.3 Å². The van der Waals surface area contributed by atoms with E-state index >= 15 is 0 Å². The van der Waals surface area contributed by atoms with Crippen molar-refractivity contribution in [3.8, 4) is 0 Å². The minimum Gasteiger partial charge on any atom is -0.327 e. The molecule has 0 heterocycles. The Bertz CT molecular complexity index is 349. The van der Waals surface area contributed by atoms with Crippen molar-refractivity contribution in [2.75, 3.05) is 5.32 Å². The van der Waals surface area contributed by atoms with Gasteiger partial charge in [-0.1, -0.05) is 30.0 Å². The maximum absolute atomic E-state index is 11.7. The standard InChI is InChI=1S/C12H18N2OS/c1-9(13)12(2,3)16-11(15)14-10-7-5-4-6-8-10/h4-9H,13H2,1-3H3,(H,14,15). The predicted molar refractivity (Wildman–Crippen MR) is 70.8 cm³/mol. The van der Waals surface area contributed by atoms with E-state index in [0.29, 0.717) is 0 Å². The van der Waals surface area contributed by atoms with Crippen LogP contribution in [-0.2, 0) is 0 Å². The van der Waals surface area contributed by atoms with Crippen LogP contribution in [-0.4, -0.2) is 16.0 Å². The molecular formula is C12H18N2OS. The van der Waals surface area contributed by atoms with Crippen molar-refractivity contribution in [1.29, 1.82) is 0 Å². The van der Waals surface area contributed by atoms with Gasteiger partial charge in [-0.3, -0.25) is 4.79 Å². The minimum atomic E-state index is -0.265. The van der Waals surface area contributed by atoms with Crippen LogP contribution in [0.4, 0.5) is 10.5 Å². The van der Waals surface area contributed by atoms with E-state index in [0.717, 1.165) is 5.69 Å². The normalized spacial score (nSPS) is 13.2. The lowest BCUT2D eigenvalue weighted by molar-refractivity contribution is 0.269. The molecule has 0 aliphatic carbocycles. The first-order chi connectivity index (χ1) is 7.42. The summed E-state index contributed by atoms with van der Waals surface area (Å²) in [5, 5.41) is 2.75. The van der Waals surface area contributed by atoms with Crippen LogP contribution in [0.5, 0.6) is 0 Å². The third-order valence-corrected chi connectivity index (χ3v) is 3.66. The van der Waals surface area contributed by atoms with Crippen molar-refractivity contribution in [1.82, 2.24) is 0 Å². The van der Waals surface area contributed by atoms with E-state index in [9.17, 15) is 4.79 Å². The Balaban J connectivity index is 2.55. The van der Waals surface area contributed by atoms with Gasteiger partial charge in [0.2, 0.25) is 0 Å². The quantitative estimate of drug-likeness (QED) is 0.851. The molecule has 0 bridgehead atoms. The Kier molecular flexibility index (Phi) is 4.38. The summed E-state index contributed by atoms with van der Waals surface area (Å²) in [6.45, 7) is 5.84.